The van der Waals surface area contributed by atoms with E-state index in [4.69, 9.17) is 5.11 Å². The van der Waals surface area contributed by atoms with Gasteiger partial charge in [-0.15, -0.1) is 0 Å². The molecular formula is C12H21N3O2. The maximum Gasteiger partial charge on any atom is 0.255 e. The molecule has 0 aliphatic carbocycles. The molecule has 1 heterocycles. The van der Waals surface area contributed by atoms with Gasteiger partial charge in [-0.05, 0) is 27.2 Å². The van der Waals surface area contributed by atoms with Crippen LogP contribution in [0.3, 0.4) is 0 Å². The van der Waals surface area contributed by atoms with Crippen molar-refractivity contribution in [1.29, 1.82) is 0 Å². The van der Waals surface area contributed by atoms with Gasteiger partial charge in [-0.25, -0.2) is 0 Å². The summed E-state index contributed by atoms with van der Waals surface area (Å²) in [5.41, 5.74) is 2.24. The SMILES string of the molecule is CCCn1nc(C)c(C(=O)NCC(C)O)c1C. The van der Waals surface area contributed by atoms with E-state index in [-0.39, 0.29) is 12.5 Å². The highest BCUT2D eigenvalue weighted by Crippen LogP contribution is 2.13. The number of hydrogen-bond donors (Lipinski definition) is 2. The van der Waals surface area contributed by atoms with Crippen LogP contribution < -0.4 is 5.32 Å². The largest absolute Gasteiger partial charge is 0.392 e. The van der Waals surface area contributed by atoms with E-state index in [9.17, 15) is 4.79 Å². The minimum Gasteiger partial charge on any atom is -0.392 e. The van der Waals surface area contributed by atoms with Gasteiger partial charge in [0.05, 0.1) is 17.4 Å². The van der Waals surface area contributed by atoms with Crippen molar-refractivity contribution in [2.75, 3.05) is 6.54 Å². The Morgan fingerprint density at radius 2 is 2.18 bits per heavy atom. The van der Waals surface area contributed by atoms with E-state index in [0.717, 1.165) is 24.4 Å². The molecule has 0 bridgehead atoms. The van der Waals surface area contributed by atoms with E-state index < -0.39 is 6.10 Å². The van der Waals surface area contributed by atoms with Gasteiger partial charge in [0.2, 0.25) is 0 Å². The Hall–Kier alpha value is -1.36. The molecule has 2 N–H and O–H groups in total. The van der Waals surface area contributed by atoms with Crippen molar-refractivity contribution in [1.82, 2.24) is 15.1 Å². The standard InChI is InChI=1S/C12H21N3O2/c1-5-6-15-10(4)11(9(3)14-15)12(17)13-7-8(2)16/h8,16H,5-7H2,1-4H3,(H,13,17). The highest BCUT2D eigenvalue weighted by atomic mass is 16.3. The van der Waals surface area contributed by atoms with Crippen LogP contribution in [-0.4, -0.2) is 33.4 Å². The van der Waals surface area contributed by atoms with Gasteiger partial charge in [0.15, 0.2) is 0 Å². The van der Waals surface area contributed by atoms with Crippen molar-refractivity contribution >= 4 is 5.91 Å². The molecule has 0 saturated heterocycles. The number of aliphatic hydroxyl groups excluding tert-OH is 1. The molecule has 1 unspecified atom stereocenters. The first-order chi connectivity index (χ1) is 7.97. The van der Waals surface area contributed by atoms with Gasteiger partial charge in [0, 0.05) is 18.8 Å². The number of carbonyl (C=O) groups excluding carboxylic acids is 1. The van der Waals surface area contributed by atoms with E-state index in [1.54, 1.807) is 6.92 Å². The third kappa shape index (κ3) is 3.30. The summed E-state index contributed by atoms with van der Waals surface area (Å²) in [4.78, 5) is 11.9. The van der Waals surface area contributed by atoms with Gasteiger partial charge in [-0.2, -0.15) is 5.10 Å². The molecule has 1 atom stereocenters. The lowest BCUT2D eigenvalue weighted by Crippen LogP contribution is -2.31. The zero-order valence-corrected chi connectivity index (χ0v) is 10.9. The summed E-state index contributed by atoms with van der Waals surface area (Å²) in [6.45, 7) is 8.51. The number of carbonyl (C=O) groups is 1. The molecule has 5 nitrogen and oxygen atoms in total. The zero-order chi connectivity index (χ0) is 13.0. The van der Waals surface area contributed by atoms with E-state index in [0.29, 0.717) is 5.56 Å². The van der Waals surface area contributed by atoms with Crippen LogP contribution >= 0.6 is 0 Å². The first-order valence-corrected chi connectivity index (χ1v) is 5.97. The number of amides is 1. The summed E-state index contributed by atoms with van der Waals surface area (Å²) in [5, 5.41) is 16.2. The maximum atomic E-state index is 11.9. The van der Waals surface area contributed by atoms with Crippen LogP contribution in [0.25, 0.3) is 0 Å². The van der Waals surface area contributed by atoms with Gasteiger partial charge < -0.3 is 10.4 Å². The number of aryl methyl sites for hydroxylation is 2. The fourth-order valence-corrected chi connectivity index (χ4v) is 1.78. The second-order valence-corrected chi connectivity index (χ2v) is 4.33. The zero-order valence-electron chi connectivity index (χ0n) is 10.9. The van der Waals surface area contributed by atoms with Gasteiger partial charge in [0.25, 0.3) is 5.91 Å². The Bertz CT molecular complexity index is 397. The number of aromatic nitrogens is 2. The molecule has 0 spiro atoms. The van der Waals surface area contributed by atoms with Gasteiger partial charge >= 0.3 is 0 Å². The molecular weight excluding hydrogens is 218 g/mol. The maximum absolute atomic E-state index is 11.9. The fraction of sp³-hybridized carbons (Fsp3) is 0.667. The Labute approximate surface area is 102 Å². The minimum atomic E-state index is -0.537. The average Bonchev–Trinajstić information content (AvgIpc) is 2.52. The van der Waals surface area contributed by atoms with Crippen LogP contribution in [0, 0.1) is 13.8 Å². The van der Waals surface area contributed by atoms with Gasteiger partial charge in [-0.1, -0.05) is 6.92 Å². The minimum absolute atomic E-state index is 0.164. The molecule has 5 heteroatoms. The highest BCUT2D eigenvalue weighted by molar-refractivity contribution is 5.96. The van der Waals surface area contributed by atoms with E-state index in [1.165, 1.54) is 0 Å². The topological polar surface area (TPSA) is 67.2 Å². The number of rotatable bonds is 5. The quantitative estimate of drug-likeness (QED) is 0.806. The number of hydrogen-bond acceptors (Lipinski definition) is 3. The fourth-order valence-electron chi connectivity index (χ4n) is 1.78. The van der Waals surface area contributed by atoms with Crippen LogP contribution in [0.5, 0.6) is 0 Å². The van der Waals surface area contributed by atoms with E-state index in [2.05, 4.69) is 17.3 Å². The third-order valence-electron chi connectivity index (χ3n) is 2.60. The molecule has 0 aliphatic rings. The smallest absolute Gasteiger partial charge is 0.255 e. The lowest BCUT2D eigenvalue weighted by Gasteiger charge is -2.07. The van der Waals surface area contributed by atoms with Crippen LogP contribution in [0.2, 0.25) is 0 Å². The van der Waals surface area contributed by atoms with Crippen molar-refractivity contribution in [3.05, 3.63) is 17.0 Å². The summed E-state index contributed by atoms with van der Waals surface area (Å²) < 4.78 is 1.85. The van der Waals surface area contributed by atoms with Crippen LogP contribution in [-0.2, 0) is 6.54 Å². The predicted octanol–water partition coefficient (Wildman–Crippen LogP) is 1.02. The lowest BCUT2D eigenvalue weighted by molar-refractivity contribution is 0.0922. The summed E-state index contributed by atoms with van der Waals surface area (Å²) in [6, 6.07) is 0. The summed E-state index contributed by atoms with van der Waals surface area (Å²) in [7, 11) is 0. The van der Waals surface area contributed by atoms with Gasteiger partial charge in [0.1, 0.15) is 0 Å². The molecule has 1 rings (SSSR count). The van der Waals surface area contributed by atoms with Crippen LogP contribution in [0.1, 0.15) is 42.0 Å². The third-order valence-corrected chi connectivity index (χ3v) is 2.60. The molecule has 96 valence electrons. The van der Waals surface area contributed by atoms with Crippen LogP contribution in [0.4, 0.5) is 0 Å². The first-order valence-electron chi connectivity index (χ1n) is 5.97. The Morgan fingerprint density at radius 3 is 2.71 bits per heavy atom. The molecule has 17 heavy (non-hydrogen) atoms. The summed E-state index contributed by atoms with van der Waals surface area (Å²) in [5.74, 6) is -0.164. The first kappa shape index (κ1) is 13.7. The molecule has 0 aromatic carbocycles. The van der Waals surface area contributed by atoms with Crippen molar-refractivity contribution < 1.29 is 9.90 Å². The highest BCUT2D eigenvalue weighted by Gasteiger charge is 2.18. The van der Waals surface area contributed by atoms with Crippen molar-refractivity contribution in [3.8, 4) is 0 Å². The van der Waals surface area contributed by atoms with Crippen molar-refractivity contribution in [2.24, 2.45) is 0 Å². The second kappa shape index (κ2) is 5.82. The Kier molecular flexibility index (Phi) is 4.69. The molecule has 1 aromatic rings. The summed E-state index contributed by atoms with van der Waals surface area (Å²) in [6.07, 6.45) is 0.446. The van der Waals surface area contributed by atoms with Crippen molar-refractivity contribution in [2.45, 2.75) is 46.8 Å². The predicted molar refractivity (Wildman–Crippen MR) is 66.0 cm³/mol. The molecule has 1 aromatic heterocycles. The van der Waals surface area contributed by atoms with Crippen LogP contribution in [0.15, 0.2) is 0 Å². The normalized spacial score (nSPS) is 12.5. The van der Waals surface area contributed by atoms with E-state index in [1.807, 2.05) is 18.5 Å². The monoisotopic (exact) mass is 239 g/mol. The average molecular weight is 239 g/mol. The van der Waals surface area contributed by atoms with Crippen molar-refractivity contribution in [3.63, 3.8) is 0 Å². The van der Waals surface area contributed by atoms with Gasteiger partial charge in [-0.3, -0.25) is 9.48 Å². The summed E-state index contributed by atoms with van der Waals surface area (Å²) >= 11 is 0. The molecule has 0 fully saturated rings. The Balaban J connectivity index is 2.86. The Morgan fingerprint density at radius 1 is 1.53 bits per heavy atom. The molecule has 0 aliphatic heterocycles. The number of aliphatic hydroxyl groups is 1. The lowest BCUT2D eigenvalue weighted by atomic mass is 10.2. The molecule has 0 saturated carbocycles. The number of nitrogens with one attached hydrogen (secondary N) is 1. The second-order valence-electron chi connectivity index (χ2n) is 4.33. The molecule has 0 radical (unpaired) electrons. The molecule has 1 amide bonds. The van der Waals surface area contributed by atoms with E-state index >= 15 is 0 Å². The number of nitrogens with zero attached hydrogens (tertiary/aromatic N) is 2.